The van der Waals surface area contributed by atoms with E-state index in [1.807, 2.05) is 24.3 Å². The van der Waals surface area contributed by atoms with E-state index >= 15 is 0 Å². The zero-order chi connectivity index (χ0) is 12.4. The molecule has 18 heavy (non-hydrogen) atoms. The summed E-state index contributed by atoms with van der Waals surface area (Å²) in [5, 5.41) is 3.46. The predicted octanol–water partition coefficient (Wildman–Crippen LogP) is 4.04. The molecule has 0 saturated carbocycles. The molecule has 0 aromatic heterocycles. The molecule has 1 aliphatic rings. The van der Waals surface area contributed by atoms with Crippen molar-refractivity contribution >= 4 is 21.6 Å². The Kier molecular flexibility index (Phi) is 3.24. The van der Waals surface area contributed by atoms with Crippen LogP contribution < -0.4 is 10.1 Å². The van der Waals surface area contributed by atoms with Gasteiger partial charge in [0.1, 0.15) is 5.75 Å². The van der Waals surface area contributed by atoms with Gasteiger partial charge in [-0.15, -0.1) is 0 Å². The molecule has 0 radical (unpaired) electrons. The molecule has 0 saturated heterocycles. The number of ether oxygens (including phenoxy) is 1. The maximum absolute atomic E-state index is 5.67. The lowest BCUT2D eigenvalue weighted by atomic mass is 10.0. The minimum atomic E-state index is 0.431. The zero-order valence-corrected chi connectivity index (χ0v) is 11.5. The van der Waals surface area contributed by atoms with Gasteiger partial charge in [-0.25, -0.2) is 0 Å². The van der Waals surface area contributed by atoms with Gasteiger partial charge < -0.3 is 10.1 Å². The smallest absolute Gasteiger partial charge is 0.122 e. The molecule has 1 unspecified atom stereocenters. The molecule has 0 bridgehead atoms. The molecule has 1 heterocycles. The van der Waals surface area contributed by atoms with Crippen LogP contribution in [0.3, 0.4) is 0 Å². The van der Waals surface area contributed by atoms with E-state index < -0.39 is 0 Å². The molecule has 0 aliphatic carbocycles. The number of fused-ring (bicyclic) bond motifs is 1. The van der Waals surface area contributed by atoms with E-state index in [4.69, 9.17) is 4.74 Å². The van der Waals surface area contributed by atoms with Gasteiger partial charge in [0, 0.05) is 28.2 Å². The molecule has 0 fully saturated rings. The van der Waals surface area contributed by atoms with Crippen LogP contribution in [0.15, 0.2) is 53.0 Å². The summed E-state index contributed by atoms with van der Waals surface area (Å²) in [7, 11) is 0. The zero-order valence-electron chi connectivity index (χ0n) is 9.90. The summed E-state index contributed by atoms with van der Waals surface area (Å²) in [6.45, 7) is 1.66. The highest BCUT2D eigenvalue weighted by atomic mass is 79.9. The third-order valence-electron chi connectivity index (χ3n) is 3.18. The van der Waals surface area contributed by atoms with Gasteiger partial charge in [0.15, 0.2) is 0 Å². The van der Waals surface area contributed by atoms with Crippen LogP contribution in [0.25, 0.3) is 0 Å². The minimum Gasteiger partial charge on any atom is -0.493 e. The van der Waals surface area contributed by atoms with Crippen molar-refractivity contribution in [2.75, 3.05) is 18.5 Å². The van der Waals surface area contributed by atoms with Crippen LogP contribution in [0.1, 0.15) is 11.5 Å². The second-order valence-electron chi connectivity index (χ2n) is 4.44. The number of halogens is 1. The van der Waals surface area contributed by atoms with E-state index in [1.54, 1.807) is 0 Å². The topological polar surface area (TPSA) is 21.3 Å². The molecule has 3 rings (SSSR count). The SMILES string of the molecule is Brc1cccc(NCC2COc3ccccc32)c1. The first-order valence-electron chi connectivity index (χ1n) is 6.04. The first-order chi connectivity index (χ1) is 8.83. The third kappa shape index (κ3) is 2.36. The van der Waals surface area contributed by atoms with E-state index in [0.717, 1.165) is 29.1 Å². The Morgan fingerprint density at radius 3 is 2.94 bits per heavy atom. The van der Waals surface area contributed by atoms with Crippen LogP contribution in [0.2, 0.25) is 0 Å². The van der Waals surface area contributed by atoms with Crippen molar-refractivity contribution in [2.45, 2.75) is 5.92 Å². The molecular formula is C15H14BrNO. The molecule has 2 aromatic carbocycles. The highest BCUT2D eigenvalue weighted by Gasteiger charge is 2.22. The van der Waals surface area contributed by atoms with Crippen molar-refractivity contribution in [3.8, 4) is 5.75 Å². The summed E-state index contributed by atoms with van der Waals surface area (Å²) in [4.78, 5) is 0. The molecule has 2 aromatic rings. The van der Waals surface area contributed by atoms with Gasteiger partial charge in [-0.1, -0.05) is 40.2 Å². The Hall–Kier alpha value is -1.48. The predicted molar refractivity (Wildman–Crippen MR) is 77.3 cm³/mol. The maximum Gasteiger partial charge on any atom is 0.122 e. The van der Waals surface area contributed by atoms with E-state index in [-0.39, 0.29) is 0 Å². The van der Waals surface area contributed by atoms with Crippen molar-refractivity contribution in [3.63, 3.8) is 0 Å². The van der Waals surface area contributed by atoms with Crippen LogP contribution in [-0.4, -0.2) is 13.2 Å². The number of benzene rings is 2. The van der Waals surface area contributed by atoms with E-state index in [1.165, 1.54) is 5.56 Å². The Balaban J connectivity index is 1.69. The van der Waals surface area contributed by atoms with Crippen molar-refractivity contribution < 1.29 is 4.74 Å². The minimum absolute atomic E-state index is 0.431. The van der Waals surface area contributed by atoms with Crippen molar-refractivity contribution in [3.05, 3.63) is 58.6 Å². The van der Waals surface area contributed by atoms with Gasteiger partial charge >= 0.3 is 0 Å². The Morgan fingerprint density at radius 1 is 1.17 bits per heavy atom. The second-order valence-corrected chi connectivity index (χ2v) is 5.35. The number of anilines is 1. The number of hydrogen-bond acceptors (Lipinski definition) is 2. The van der Waals surface area contributed by atoms with Crippen LogP contribution in [0.5, 0.6) is 5.75 Å². The highest BCUT2D eigenvalue weighted by Crippen LogP contribution is 2.33. The first kappa shape index (κ1) is 11.6. The first-order valence-corrected chi connectivity index (χ1v) is 6.83. The fourth-order valence-electron chi connectivity index (χ4n) is 2.24. The van der Waals surface area contributed by atoms with Gasteiger partial charge in [-0.05, 0) is 24.3 Å². The molecule has 0 spiro atoms. The lowest BCUT2D eigenvalue weighted by Gasteiger charge is -2.11. The highest BCUT2D eigenvalue weighted by molar-refractivity contribution is 9.10. The number of para-hydroxylation sites is 1. The fraction of sp³-hybridized carbons (Fsp3) is 0.200. The van der Waals surface area contributed by atoms with E-state index in [9.17, 15) is 0 Å². The van der Waals surface area contributed by atoms with Gasteiger partial charge in [-0.2, -0.15) is 0 Å². The molecule has 0 amide bonds. The van der Waals surface area contributed by atoms with Crippen LogP contribution >= 0.6 is 15.9 Å². The Morgan fingerprint density at radius 2 is 2.06 bits per heavy atom. The average molecular weight is 304 g/mol. The number of hydrogen-bond donors (Lipinski definition) is 1. The summed E-state index contributed by atoms with van der Waals surface area (Å²) in [5.74, 6) is 1.46. The van der Waals surface area contributed by atoms with Crippen LogP contribution in [0, 0.1) is 0 Å². The second kappa shape index (κ2) is 5.02. The molecule has 2 nitrogen and oxygen atoms in total. The normalized spacial score (nSPS) is 17.1. The largest absolute Gasteiger partial charge is 0.493 e. The van der Waals surface area contributed by atoms with Crippen molar-refractivity contribution in [2.24, 2.45) is 0 Å². The maximum atomic E-state index is 5.67. The summed E-state index contributed by atoms with van der Waals surface area (Å²) >= 11 is 3.48. The Labute approximate surface area is 115 Å². The van der Waals surface area contributed by atoms with E-state index in [0.29, 0.717) is 5.92 Å². The number of nitrogens with one attached hydrogen (secondary N) is 1. The average Bonchev–Trinajstić information content (AvgIpc) is 2.80. The Bertz CT molecular complexity index is 556. The van der Waals surface area contributed by atoms with Crippen LogP contribution in [-0.2, 0) is 0 Å². The molecule has 1 N–H and O–H groups in total. The quantitative estimate of drug-likeness (QED) is 0.924. The third-order valence-corrected chi connectivity index (χ3v) is 3.67. The van der Waals surface area contributed by atoms with Gasteiger partial charge in [0.2, 0.25) is 0 Å². The van der Waals surface area contributed by atoms with E-state index in [2.05, 4.69) is 45.5 Å². The molecular weight excluding hydrogens is 290 g/mol. The van der Waals surface area contributed by atoms with Crippen LogP contribution in [0.4, 0.5) is 5.69 Å². The summed E-state index contributed by atoms with van der Waals surface area (Å²) in [5.41, 5.74) is 2.44. The summed E-state index contributed by atoms with van der Waals surface area (Å²) in [6.07, 6.45) is 0. The molecule has 92 valence electrons. The van der Waals surface area contributed by atoms with Crippen molar-refractivity contribution in [1.29, 1.82) is 0 Å². The van der Waals surface area contributed by atoms with Crippen molar-refractivity contribution in [1.82, 2.24) is 0 Å². The molecule has 3 heteroatoms. The van der Waals surface area contributed by atoms with Gasteiger partial charge in [0.05, 0.1) is 6.61 Å². The van der Waals surface area contributed by atoms with Gasteiger partial charge in [-0.3, -0.25) is 0 Å². The standard InChI is InChI=1S/C15H14BrNO/c16-12-4-3-5-13(8-12)17-9-11-10-18-15-7-2-1-6-14(11)15/h1-8,11,17H,9-10H2. The lowest BCUT2D eigenvalue weighted by Crippen LogP contribution is -2.13. The fourth-order valence-corrected chi connectivity index (χ4v) is 2.64. The summed E-state index contributed by atoms with van der Waals surface area (Å²) < 4.78 is 6.77. The number of rotatable bonds is 3. The lowest BCUT2D eigenvalue weighted by molar-refractivity contribution is 0.334. The molecule has 1 aliphatic heterocycles. The molecule has 1 atom stereocenters. The summed E-state index contributed by atoms with van der Waals surface area (Å²) in [6, 6.07) is 16.5. The van der Waals surface area contributed by atoms with Gasteiger partial charge in [0.25, 0.3) is 0 Å². The monoisotopic (exact) mass is 303 g/mol.